The maximum atomic E-state index is 3.68. The average molecular weight is 238 g/mol. The molecular weight excluding hydrogens is 208 g/mol. The summed E-state index contributed by atoms with van der Waals surface area (Å²) in [7, 11) is 0. The quantitative estimate of drug-likeness (QED) is 0.664. The Hall–Kier alpha value is -0.0800. The van der Waals surface area contributed by atoms with Gasteiger partial charge in [-0.05, 0) is 64.0 Å². The van der Waals surface area contributed by atoms with E-state index in [4.69, 9.17) is 0 Å². The highest BCUT2D eigenvalue weighted by molar-refractivity contribution is 4.85. The van der Waals surface area contributed by atoms with Gasteiger partial charge in [-0.3, -0.25) is 0 Å². The molecule has 0 radical (unpaired) electrons. The minimum atomic E-state index is 0.738. The van der Waals surface area contributed by atoms with E-state index in [2.05, 4.69) is 31.0 Å². The van der Waals surface area contributed by atoms with Crippen LogP contribution in [0.25, 0.3) is 0 Å². The standard InChI is InChI=1S/C15H30N2/c1-4-9-17(11-14-5-6-14)13(3)12(2)10-16-15-7-8-15/h12-16H,4-11H2,1-3H3. The minimum Gasteiger partial charge on any atom is -0.314 e. The van der Waals surface area contributed by atoms with E-state index in [-0.39, 0.29) is 0 Å². The number of rotatable bonds is 9. The molecule has 0 aromatic heterocycles. The van der Waals surface area contributed by atoms with Gasteiger partial charge in [0, 0.05) is 18.6 Å². The zero-order valence-corrected chi connectivity index (χ0v) is 11.9. The van der Waals surface area contributed by atoms with Crippen LogP contribution in [-0.4, -0.2) is 36.6 Å². The van der Waals surface area contributed by atoms with Crippen LogP contribution in [0, 0.1) is 11.8 Å². The first kappa shape index (κ1) is 13.4. The van der Waals surface area contributed by atoms with E-state index < -0.39 is 0 Å². The highest BCUT2D eigenvalue weighted by atomic mass is 15.2. The van der Waals surface area contributed by atoms with Crippen LogP contribution in [0.4, 0.5) is 0 Å². The smallest absolute Gasteiger partial charge is 0.0105 e. The predicted molar refractivity (Wildman–Crippen MR) is 74.2 cm³/mol. The van der Waals surface area contributed by atoms with Gasteiger partial charge in [-0.1, -0.05) is 13.8 Å². The zero-order chi connectivity index (χ0) is 12.3. The van der Waals surface area contributed by atoms with E-state index >= 15 is 0 Å². The van der Waals surface area contributed by atoms with Crippen LogP contribution in [0.2, 0.25) is 0 Å². The number of hydrogen-bond donors (Lipinski definition) is 1. The summed E-state index contributed by atoms with van der Waals surface area (Å²) in [6.07, 6.45) is 7.05. The second-order valence-corrected chi connectivity index (χ2v) is 6.34. The molecule has 100 valence electrons. The van der Waals surface area contributed by atoms with Gasteiger partial charge in [-0.2, -0.15) is 0 Å². The molecule has 0 bridgehead atoms. The highest BCUT2D eigenvalue weighted by Crippen LogP contribution is 2.31. The van der Waals surface area contributed by atoms with Crippen molar-refractivity contribution < 1.29 is 0 Å². The lowest BCUT2D eigenvalue weighted by molar-refractivity contribution is 0.152. The van der Waals surface area contributed by atoms with Gasteiger partial charge in [-0.25, -0.2) is 0 Å². The molecule has 2 rings (SSSR count). The summed E-state index contributed by atoms with van der Waals surface area (Å²) >= 11 is 0. The summed E-state index contributed by atoms with van der Waals surface area (Å²) in [5, 5.41) is 3.68. The molecule has 2 saturated carbocycles. The SMILES string of the molecule is CCCN(CC1CC1)C(C)C(C)CNC1CC1. The fourth-order valence-electron chi connectivity index (χ4n) is 2.55. The van der Waals surface area contributed by atoms with Crippen molar-refractivity contribution in [1.82, 2.24) is 10.2 Å². The van der Waals surface area contributed by atoms with E-state index in [9.17, 15) is 0 Å². The van der Waals surface area contributed by atoms with E-state index in [1.165, 1.54) is 51.7 Å². The molecule has 0 spiro atoms. The zero-order valence-electron chi connectivity index (χ0n) is 11.9. The van der Waals surface area contributed by atoms with Gasteiger partial charge in [0.15, 0.2) is 0 Å². The monoisotopic (exact) mass is 238 g/mol. The van der Waals surface area contributed by atoms with Gasteiger partial charge < -0.3 is 10.2 Å². The van der Waals surface area contributed by atoms with E-state index in [1.54, 1.807) is 0 Å². The largest absolute Gasteiger partial charge is 0.314 e. The van der Waals surface area contributed by atoms with Gasteiger partial charge >= 0.3 is 0 Å². The fraction of sp³-hybridized carbons (Fsp3) is 1.00. The maximum absolute atomic E-state index is 3.68. The van der Waals surface area contributed by atoms with Crippen molar-refractivity contribution in [2.75, 3.05) is 19.6 Å². The highest BCUT2D eigenvalue weighted by Gasteiger charge is 2.29. The number of hydrogen-bond acceptors (Lipinski definition) is 2. The predicted octanol–water partition coefficient (Wildman–Crippen LogP) is 2.89. The molecule has 2 aliphatic carbocycles. The van der Waals surface area contributed by atoms with Crippen molar-refractivity contribution in [2.45, 2.75) is 65.0 Å². The molecule has 0 saturated heterocycles. The van der Waals surface area contributed by atoms with Crippen LogP contribution < -0.4 is 5.32 Å². The van der Waals surface area contributed by atoms with Gasteiger partial charge in [0.05, 0.1) is 0 Å². The summed E-state index contributed by atoms with van der Waals surface area (Å²) in [5.41, 5.74) is 0. The van der Waals surface area contributed by atoms with Crippen LogP contribution in [0.15, 0.2) is 0 Å². The topological polar surface area (TPSA) is 15.3 Å². The third-order valence-corrected chi connectivity index (χ3v) is 4.41. The van der Waals surface area contributed by atoms with Crippen molar-refractivity contribution in [3.05, 3.63) is 0 Å². The second-order valence-electron chi connectivity index (χ2n) is 6.34. The third kappa shape index (κ3) is 4.59. The second kappa shape index (κ2) is 6.19. The Kier molecular flexibility index (Phi) is 4.87. The molecule has 2 heteroatoms. The van der Waals surface area contributed by atoms with Crippen molar-refractivity contribution in [1.29, 1.82) is 0 Å². The Labute approximate surface area is 107 Å². The maximum Gasteiger partial charge on any atom is 0.0105 e. The van der Waals surface area contributed by atoms with Crippen molar-refractivity contribution in [2.24, 2.45) is 11.8 Å². The van der Waals surface area contributed by atoms with Crippen molar-refractivity contribution >= 4 is 0 Å². The van der Waals surface area contributed by atoms with Gasteiger partial charge in [0.25, 0.3) is 0 Å². The number of nitrogens with zero attached hydrogens (tertiary/aromatic N) is 1. The lowest BCUT2D eigenvalue weighted by atomic mass is 10.0. The fourth-order valence-corrected chi connectivity index (χ4v) is 2.55. The minimum absolute atomic E-state index is 0.738. The van der Waals surface area contributed by atoms with Crippen LogP contribution in [0.1, 0.15) is 52.9 Å². The summed E-state index contributed by atoms with van der Waals surface area (Å²) in [6, 6.07) is 1.59. The normalized spacial score (nSPS) is 24.0. The van der Waals surface area contributed by atoms with Crippen LogP contribution in [0.3, 0.4) is 0 Å². The Morgan fingerprint density at radius 3 is 2.41 bits per heavy atom. The van der Waals surface area contributed by atoms with Gasteiger partial charge in [0.1, 0.15) is 0 Å². The average Bonchev–Trinajstić information content (AvgIpc) is 3.17. The van der Waals surface area contributed by atoms with E-state index in [1.807, 2.05) is 0 Å². The molecule has 2 aliphatic rings. The summed E-state index contributed by atoms with van der Waals surface area (Å²) in [6.45, 7) is 11.0. The van der Waals surface area contributed by atoms with Crippen LogP contribution >= 0.6 is 0 Å². The molecule has 0 amide bonds. The Bertz CT molecular complexity index is 221. The Morgan fingerprint density at radius 2 is 1.88 bits per heavy atom. The molecule has 0 aromatic carbocycles. The van der Waals surface area contributed by atoms with Crippen molar-refractivity contribution in [3.8, 4) is 0 Å². The molecule has 0 heterocycles. The van der Waals surface area contributed by atoms with E-state index in [0.29, 0.717) is 0 Å². The summed E-state index contributed by atoms with van der Waals surface area (Å²) in [5.74, 6) is 1.80. The van der Waals surface area contributed by atoms with E-state index in [0.717, 1.165) is 23.9 Å². The molecule has 0 aliphatic heterocycles. The first-order valence-electron chi connectivity index (χ1n) is 7.68. The lowest BCUT2D eigenvalue weighted by Crippen LogP contribution is -2.43. The number of nitrogens with one attached hydrogen (secondary N) is 1. The van der Waals surface area contributed by atoms with Gasteiger partial charge in [-0.15, -0.1) is 0 Å². The molecular formula is C15H30N2. The Balaban J connectivity index is 1.72. The first-order chi connectivity index (χ1) is 8.20. The molecule has 2 fully saturated rings. The van der Waals surface area contributed by atoms with Crippen LogP contribution in [0.5, 0.6) is 0 Å². The summed E-state index contributed by atoms with van der Waals surface area (Å²) in [4.78, 5) is 2.73. The molecule has 1 N–H and O–H groups in total. The van der Waals surface area contributed by atoms with Crippen LogP contribution in [-0.2, 0) is 0 Å². The molecule has 2 unspecified atom stereocenters. The molecule has 17 heavy (non-hydrogen) atoms. The summed E-state index contributed by atoms with van der Waals surface area (Å²) < 4.78 is 0. The Morgan fingerprint density at radius 1 is 1.18 bits per heavy atom. The van der Waals surface area contributed by atoms with Crippen molar-refractivity contribution in [3.63, 3.8) is 0 Å². The molecule has 0 aromatic rings. The third-order valence-electron chi connectivity index (χ3n) is 4.41. The van der Waals surface area contributed by atoms with Gasteiger partial charge in [0.2, 0.25) is 0 Å². The first-order valence-corrected chi connectivity index (χ1v) is 7.68. The lowest BCUT2D eigenvalue weighted by Gasteiger charge is -2.33. The molecule has 2 atom stereocenters. The molecule has 2 nitrogen and oxygen atoms in total.